The zero-order chi connectivity index (χ0) is 24.5. The highest BCUT2D eigenvalue weighted by atomic mass is 35.5. The normalized spacial score (nSPS) is 12.8. The van der Waals surface area contributed by atoms with Gasteiger partial charge in [0, 0.05) is 33.9 Å². The summed E-state index contributed by atoms with van der Waals surface area (Å²) in [6.07, 6.45) is 1.26. The van der Waals surface area contributed by atoms with Crippen molar-refractivity contribution in [1.82, 2.24) is 10.2 Å². The van der Waals surface area contributed by atoms with Crippen molar-refractivity contribution in [1.29, 1.82) is 0 Å². The maximum Gasteiger partial charge on any atom is 0.243 e. The second-order valence-corrected chi connectivity index (χ2v) is 10.3. The molecule has 0 radical (unpaired) electrons. The average molecular weight is 550 g/mol. The van der Waals surface area contributed by atoms with Gasteiger partial charge in [0.1, 0.15) is 6.04 Å². The van der Waals surface area contributed by atoms with Gasteiger partial charge in [0.15, 0.2) is 0 Å². The molecule has 0 fully saturated rings. The molecule has 0 aliphatic rings. The van der Waals surface area contributed by atoms with Gasteiger partial charge in [-0.3, -0.25) is 9.59 Å². The Hall–Kier alpha value is -1.11. The number of thioether (sulfide) groups is 1. The van der Waals surface area contributed by atoms with Crippen LogP contribution in [0.25, 0.3) is 0 Å². The first-order valence-corrected chi connectivity index (χ1v) is 13.4. The fourth-order valence-electron chi connectivity index (χ4n) is 3.18. The number of nitrogens with one attached hydrogen (secondary N) is 1. The van der Waals surface area contributed by atoms with Gasteiger partial charge in [-0.05, 0) is 49.6 Å². The third kappa shape index (κ3) is 8.25. The molecule has 0 unspecified atom stereocenters. The topological polar surface area (TPSA) is 49.4 Å². The van der Waals surface area contributed by atoms with Crippen molar-refractivity contribution in [3.8, 4) is 0 Å². The van der Waals surface area contributed by atoms with E-state index in [4.69, 9.17) is 46.4 Å². The van der Waals surface area contributed by atoms with E-state index in [0.717, 1.165) is 12.0 Å². The summed E-state index contributed by atoms with van der Waals surface area (Å²) in [6, 6.07) is 9.98. The van der Waals surface area contributed by atoms with Crippen molar-refractivity contribution < 1.29 is 9.59 Å². The molecule has 1 N–H and O–H groups in total. The predicted octanol–water partition coefficient (Wildman–Crippen LogP) is 7.26. The smallest absolute Gasteiger partial charge is 0.243 e. The molecule has 0 heterocycles. The van der Waals surface area contributed by atoms with Crippen LogP contribution >= 0.6 is 58.2 Å². The second kappa shape index (κ2) is 13.7. The maximum absolute atomic E-state index is 13.3. The third-order valence-corrected chi connectivity index (χ3v) is 7.69. The van der Waals surface area contributed by atoms with Crippen LogP contribution in [0.3, 0.4) is 0 Å². The molecule has 2 aromatic carbocycles. The molecular formula is C24H28Cl4N2O2S. The van der Waals surface area contributed by atoms with Crippen LogP contribution in [0, 0.1) is 0 Å². The highest BCUT2D eigenvalue weighted by molar-refractivity contribution is 7.99. The Bertz CT molecular complexity index is 953. The molecule has 2 rings (SSSR count). The van der Waals surface area contributed by atoms with Gasteiger partial charge >= 0.3 is 0 Å². The molecule has 0 saturated heterocycles. The Morgan fingerprint density at radius 3 is 2.21 bits per heavy atom. The van der Waals surface area contributed by atoms with Gasteiger partial charge in [-0.25, -0.2) is 0 Å². The highest BCUT2D eigenvalue weighted by Crippen LogP contribution is 2.28. The molecule has 0 aliphatic carbocycles. The number of amides is 2. The van der Waals surface area contributed by atoms with Gasteiger partial charge in [-0.15, -0.1) is 11.8 Å². The Kier molecular flexibility index (Phi) is 11.7. The first-order valence-electron chi connectivity index (χ1n) is 10.7. The maximum atomic E-state index is 13.3. The summed E-state index contributed by atoms with van der Waals surface area (Å²) in [5, 5.41) is 4.87. The van der Waals surface area contributed by atoms with Crippen molar-refractivity contribution in [2.45, 2.75) is 58.0 Å². The number of hydrogen-bond acceptors (Lipinski definition) is 3. The Morgan fingerprint density at radius 1 is 0.970 bits per heavy atom. The summed E-state index contributed by atoms with van der Waals surface area (Å²) in [4.78, 5) is 27.9. The monoisotopic (exact) mass is 548 g/mol. The molecule has 0 saturated carbocycles. The minimum atomic E-state index is -0.635. The number of hydrogen-bond donors (Lipinski definition) is 1. The number of carbonyl (C=O) groups is 2. The summed E-state index contributed by atoms with van der Waals surface area (Å²) in [5.74, 6) is 0.425. The lowest BCUT2D eigenvalue weighted by Crippen LogP contribution is -2.51. The second-order valence-electron chi connectivity index (χ2n) is 7.71. The van der Waals surface area contributed by atoms with Crippen LogP contribution < -0.4 is 5.32 Å². The number of carbonyl (C=O) groups excluding carboxylic acids is 2. The molecule has 0 bridgehead atoms. The van der Waals surface area contributed by atoms with E-state index < -0.39 is 6.04 Å². The van der Waals surface area contributed by atoms with Gasteiger partial charge in [0.25, 0.3) is 0 Å². The van der Waals surface area contributed by atoms with E-state index in [2.05, 4.69) is 5.32 Å². The standard InChI is InChI=1S/C24H28Cl4N2O2S/c1-4-15(3)29-24(32)22(5-2)30(12-17-18(25)7-6-8-19(17)26)23(31)14-33-13-16-9-10-20(27)21(28)11-16/h6-11,15,22H,4-5,12-14H2,1-3H3,(H,29,32)/t15-,22-/m1/s1. The van der Waals surface area contributed by atoms with Crippen molar-refractivity contribution >= 4 is 70.0 Å². The molecule has 180 valence electrons. The number of nitrogens with zero attached hydrogens (tertiary/aromatic N) is 1. The first kappa shape index (κ1) is 28.1. The van der Waals surface area contributed by atoms with E-state index in [1.54, 1.807) is 35.2 Å². The van der Waals surface area contributed by atoms with Gasteiger partial charge < -0.3 is 10.2 Å². The molecular weight excluding hydrogens is 522 g/mol. The largest absolute Gasteiger partial charge is 0.352 e. The molecule has 33 heavy (non-hydrogen) atoms. The van der Waals surface area contributed by atoms with Crippen LogP contribution in [-0.4, -0.2) is 34.6 Å². The fraction of sp³-hybridized carbons (Fsp3) is 0.417. The fourth-order valence-corrected chi connectivity index (χ4v) is 4.88. The number of benzene rings is 2. The van der Waals surface area contributed by atoms with Crippen LogP contribution in [0.4, 0.5) is 0 Å². The summed E-state index contributed by atoms with van der Waals surface area (Å²) in [7, 11) is 0. The lowest BCUT2D eigenvalue weighted by molar-refractivity contribution is -0.139. The van der Waals surface area contributed by atoms with E-state index in [9.17, 15) is 9.59 Å². The molecule has 2 amide bonds. The zero-order valence-corrected chi connectivity index (χ0v) is 22.7. The van der Waals surface area contributed by atoms with Crippen LogP contribution in [0.2, 0.25) is 20.1 Å². The molecule has 0 spiro atoms. The SMILES string of the molecule is CC[C@@H](C)NC(=O)[C@@H](CC)N(Cc1c(Cl)cccc1Cl)C(=O)CSCc1ccc(Cl)c(Cl)c1. The number of halogens is 4. The summed E-state index contributed by atoms with van der Waals surface area (Å²) in [5.41, 5.74) is 1.59. The van der Waals surface area contributed by atoms with E-state index in [0.29, 0.717) is 37.8 Å². The van der Waals surface area contributed by atoms with E-state index >= 15 is 0 Å². The van der Waals surface area contributed by atoms with Crippen LogP contribution in [0.5, 0.6) is 0 Å². The Labute approximate surface area is 220 Å². The first-order chi connectivity index (χ1) is 15.7. The summed E-state index contributed by atoms with van der Waals surface area (Å²) < 4.78 is 0. The van der Waals surface area contributed by atoms with Crippen molar-refractivity contribution in [2.24, 2.45) is 0 Å². The van der Waals surface area contributed by atoms with Crippen molar-refractivity contribution in [3.05, 3.63) is 67.6 Å². The van der Waals surface area contributed by atoms with Crippen LogP contribution in [-0.2, 0) is 21.9 Å². The Morgan fingerprint density at radius 2 is 1.64 bits per heavy atom. The number of rotatable bonds is 11. The minimum absolute atomic E-state index is 0.0106. The van der Waals surface area contributed by atoms with Gasteiger partial charge in [0.2, 0.25) is 11.8 Å². The molecule has 9 heteroatoms. The lowest BCUT2D eigenvalue weighted by atomic mass is 10.1. The minimum Gasteiger partial charge on any atom is -0.352 e. The third-order valence-electron chi connectivity index (χ3n) is 5.26. The molecule has 0 aromatic heterocycles. The summed E-state index contributed by atoms with van der Waals surface area (Å²) >= 11 is 26.3. The highest BCUT2D eigenvalue weighted by Gasteiger charge is 2.30. The molecule has 2 aromatic rings. The molecule has 0 aliphatic heterocycles. The average Bonchev–Trinajstić information content (AvgIpc) is 2.77. The van der Waals surface area contributed by atoms with Crippen molar-refractivity contribution in [2.75, 3.05) is 5.75 Å². The summed E-state index contributed by atoms with van der Waals surface area (Å²) in [6.45, 7) is 5.97. The van der Waals surface area contributed by atoms with E-state index in [1.165, 1.54) is 11.8 Å². The van der Waals surface area contributed by atoms with E-state index in [1.807, 2.05) is 26.8 Å². The van der Waals surface area contributed by atoms with Gasteiger partial charge in [0.05, 0.1) is 15.8 Å². The lowest BCUT2D eigenvalue weighted by Gasteiger charge is -2.32. The Balaban J connectivity index is 2.21. The predicted molar refractivity (Wildman–Crippen MR) is 142 cm³/mol. The zero-order valence-electron chi connectivity index (χ0n) is 18.8. The van der Waals surface area contributed by atoms with Crippen LogP contribution in [0.1, 0.15) is 44.7 Å². The quantitative estimate of drug-likeness (QED) is 0.321. The van der Waals surface area contributed by atoms with Gasteiger partial charge in [-0.1, -0.05) is 72.4 Å². The van der Waals surface area contributed by atoms with E-state index in [-0.39, 0.29) is 30.2 Å². The molecule has 2 atom stereocenters. The van der Waals surface area contributed by atoms with Crippen molar-refractivity contribution in [3.63, 3.8) is 0 Å². The molecule has 4 nitrogen and oxygen atoms in total. The van der Waals surface area contributed by atoms with Crippen LogP contribution in [0.15, 0.2) is 36.4 Å². The van der Waals surface area contributed by atoms with Gasteiger partial charge in [-0.2, -0.15) is 0 Å².